The predicted molar refractivity (Wildman–Crippen MR) is 54.9 cm³/mol. The number of benzene rings is 1. The molecule has 0 amide bonds. The second-order valence-corrected chi connectivity index (χ2v) is 3.69. The molecule has 2 rings (SSSR count). The van der Waals surface area contributed by atoms with Crippen LogP contribution < -0.4 is 0 Å². The molecule has 1 aromatic carbocycles. The fraction of sp³-hybridized carbons (Fsp3) is 0.364. The second kappa shape index (κ2) is 2.59. The zero-order valence-electron chi connectivity index (χ0n) is 8.55. The van der Waals surface area contributed by atoms with E-state index in [2.05, 4.69) is 38.0 Å². The quantitative estimate of drug-likeness (QED) is 0.600. The largest absolute Gasteiger partial charge is 0.272 e. The van der Waals surface area contributed by atoms with Gasteiger partial charge in [0, 0.05) is 18.1 Å². The number of nitrogens with zero attached hydrogens (tertiary/aromatic N) is 2. The first-order valence-electron chi connectivity index (χ1n) is 4.50. The lowest BCUT2D eigenvalue weighted by Gasteiger charge is -1.97. The van der Waals surface area contributed by atoms with E-state index in [0.717, 1.165) is 5.52 Å². The summed E-state index contributed by atoms with van der Waals surface area (Å²) >= 11 is 0. The molecule has 0 spiro atoms. The fourth-order valence-corrected chi connectivity index (χ4v) is 1.77. The Morgan fingerprint density at radius 3 is 2.54 bits per heavy atom. The van der Waals surface area contributed by atoms with E-state index in [9.17, 15) is 0 Å². The van der Waals surface area contributed by atoms with E-state index in [1.807, 2.05) is 11.7 Å². The van der Waals surface area contributed by atoms with Crippen LogP contribution in [0.2, 0.25) is 0 Å². The van der Waals surface area contributed by atoms with Crippen LogP contribution in [0.3, 0.4) is 0 Å². The summed E-state index contributed by atoms with van der Waals surface area (Å²) in [7, 11) is 1.99. The Morgan fingerprint density at radius 2 is 1.85 bits per heavy atom. The highest BCUT2D eigenvalue weighted by atomic mass is 15.3. The van der Waals surface area contributed by atoms with Crippen molar-refractivity contribution in [2.75, 3.05) is 0 Å². The second-order valence-electron chi connectivity index (χ2n) is 3.69. The van der Waals surface area contributed by atoms with E-state index in [1.165, 1.54) is 22.2 Å². The maximum atomic E-state index is 4.47. The van der Waals surface area contributed by atoms with E-state index in [4.69, 9.17) is 0 Å². The summed E-state index contributed by atoms with van der Waals surface area (Å²) in [5.41, 5.74) is 4.94. The van der Waals surface area contributed by atoms with Gasteiger partial charge in [0.1, 0.15) is 0 Å². The number of aryl methyl sites for hydroxylation is 4. The van der Waals surface area contributed by atoms with Crippen LogP contribution in [0.1, 0.15) is 16.8 Å². The molecule has 0 aliphatic rings. The standard InChI is InChI=1S/C11H14N2/c1-7-5-8(2)11-10(6-7)9(3)13(4)12-11/h5-6H,1-4H3. The third-order valence-corrected chi connectivity index (χ3v) is 2.57. The number of aromatic nitrogens is 2. The average Bonchev–Trinajstić information content (AvgIpc) is 2.32. The van der Waals surface area contributed by atoms with Crippen molar-refractivity contribution < 1.29 is 0 Å². The summed E-state index contributed by atoms with van der Waals surface area (Å²) in [6.45, 7) is 6.34. The predicted octanol–water partition coefficient (Wildman–Crippen LogP) is 2.50. The first-order chi connectivity index (χ1) is 6.09. The van der Waals surface area contributed by atoms with Gasteiger partial charge in [0.25, 0.3) is 0 Å². The van der Waals surface area contributed by atoms with Gasteiger partial charge in [-0.2, -0.15) is 5.10 Å². The molecular formula is C11H14N2. The van der Waals surface area contributed by atoms with Crippen LogP contribution in [-0.2, 0) is 7.05 Å². The van der Waals surface area contributed by atoms with Crippen molar-refractivity contribution in [2.45, 2.75) is 20.8 Å². The lowest BCUT2D eigenvalue weighted by atomic mass is 10.1. The Labute approximate surface area is 78.2 Å². The minimum atomic E-state index is 1.13. The Morgan fingerprint density at radius 1 is 1.15 bits per heavy atom. The van der Waals surface area contributed by atoms with Crippen LogP contribution in [0, 0.1) is 20.8 Å². The summed E-state index contributed by atoms with van der Waals surface area (Å²) in [5, 5.41) is 5.75. The highest BCUT2D eigenvalue weighted by Gasteiger charge is 2.06. The normalized spacial score (nSPS) is 11.1. The average molecular weight is 174 g/mol. The molecule has 0 radical (unpaired) electrons. The minimum Gasteiger partial charge on any atom is -0.272 e. The molecule has 0 fully saturated rings. The van der Waals surface area contributed by atoms with Crippen LogP contribution in [0.4, 0.5) is 0 Å². The first kappa shape index (κ1) is 8.30. The van der Waals surface area contributed by atoms with Crippen molar-refractivity contribution >= 4 is 10.9 Å². The zero-order valence-corrected chi connectivity index (χ0v) is 8.55. The molecule has 0 bridgehead atoms. The van der Waals surface area contributed by atoms with Gasteiger partial charge in [-0.15, -0.1) is 0 Å². The molecule has 0 unspecified atom stereocenters. The Hall–Kier alpha value is -1.31. The van der Waals surface area contributed by atoms with E-state index in [0.29, 0.717) is 0 Å². The van der Waals surface area contributed by atoms with Gasteiger partial charge in [-0.05, 0) is 32.4 Å². The molecule has 1 aromatic heterocycles. The number of rotatable bonds is 0. The molecule has 0 aliphatic carbocycles. The lowest BCUT2D eigenvalue weighted by Crippen LogP contribution is -1.91. The van der Waals surface area contributed by atoms with Gasteiger partial charge in [0.2, 0.25) is 0 Å². The SMILES string of the molecule is Cc1cc(C)c2nn(C)c(C)c2c1. The summed E-state index contributed by atoms with van der Waals surface area (Å²) in [6.07, 6.45) is 0. The molecule has 0 saturated heterocycles. The van der Waals surface area contributed by atoms with Crippen molar-refractivity contribution in [1.29, 1.82) is 0 Å². The molecule has 68 valence electrons. The van der Waals surface area contributed by atoms with E-state index >= 15 is 0 Å². The topological polar surface area (TPSA) is 17.8 Å². The Bertz CT molecular complexity index is 466. The molecule has 1 heterocycles. The van der Waals surface area contributed by atoms with Crippen molar-refractivity contribution in [2.24, 2.45) is 7.05 Å². The molecule has 2 aromatic rings. The van der Waals surface area contributed by atoms with Crippen molar-refractivity contribution in [3.05, 3.63) is 29.0 Å². The fourth-order valence-electron chi connectivity index (χ4n) is 1.77. The summed E-state index contributed by atoms with van der Waals surface area (Å²) in [5.74, 6) is 0. The summed E-state index contributed by atoms with van der Waals surface area (Å²) in [6, 6.07) is 4.37. The molecule has 0 aliphatic heterocycles. The molecule has 2 heteroatoms. The van der Waals surface area contributed by atoms with Gasteiger partial charge >= 0.3 is 0 Å². The highest BCUT2D eigenvalue weighted by Crippen LogP contribution is 2.21. The third-order valence-electron chi connectivity index (χ3n) is 2.57. The Kier molecular flexibility index (Phi) is 1.65. The van der Waals surface area contributed by atoms with Crippen molar-refractivity contribution in [1.82, 2.24) is 9.78 Å². The number of hydrogen-bond donors (Lipinski definition) is 0. The third kappa shape index (κ3) is 1.13. The molecule has 13 heavy (non-hydrogen) atoms. The van der Waals surface area contributed by atoms with Gasteiger partial charge < -0.3 is 0 Å². The van der Waals surface area contributed by atoms with Gasteiger partial charge in [0.05, 0.1) is 5.52 Å². The van der Waals surface area contributed by atoms with E-state index in [1.54, 1.807) is 0 Å². The smallest absolute Gasteiger partial charge is 0.0955 e. The van der Waals surface area contributed by atoms with Crippen LogP contribution in [-0.4, -0.2) is 9.78 Å². The van der Waals surface area contributed by atoms with Crippen LogP contribution >= 0.6 is 0 Å². The molecule has 2 nitrogen and oxygen atoms in total. The lowest BCUT2D eigenvalue weighted by molar-refractivity contribution is 0.750. The molecular weight excluding hydrogens is 160 g/mol. The maximum Gasteiger partial charge on any atom is 0.0955 e. The molecule has 0 atom stereocenters. The zero-order chi connectivity index (χ0) is 9.59. The highest BCUT2D eigenvalue weighted by molar-refractivity contribution is 5.84. The minimum absolute atomic E-state index is 1.13. The van der Waals surface area contributed by atoms with E-state index in [-0.39, 0.29) is 0 Å². The van der Waals surface area contributed by atoms with Gasteiger partial charge in [-0.1, -0.05) is 11.6 Å². The van der Waals surface area contributed by atoms with Crippen LogP contribution in [0.25, 0.3) is 10.9 Å². The number of fused-ring (bicyclic) bond motifs is 1. The van der Waals surface area contributed by atoms with Crippen LogP contribution in [0.5, 0.6) is 0 Å². The van der Waals surface area contributed by atoms with E-state index < -0.39 is 0 Å². The summed E-state index contributed by atoms with van der Waals surface area (Å²) in [4.78, 5) is 0. The number of hydrogen-bond acceptors (Lipinski definition) is 1. The molecule has 0 N–H and O–H groups in total. The summed E-state index contributed by atoms with van der Waals surface area (Å²) < 4.78 is 1.94. The Balaban J connectivity index is 2.94. The van der Waals surface area contributed by atoms with Gasteiger partial charge in [0.15, 0.2) is 0 Å². The molecule has 0 saturated carbocycles. The van der Waals surface area contributed by atoms with Crippen molar-refractivity contribution in [3.63, 3.8) is 0 Å². The van der Waals surface area contributed by atoms with Crippen LogP contribution in [0.15, 0.2) is 12.1 Å². The first-order valence-corrected chi connectivity index (χ1v) is 4.50. The monoisotopic (exact) mass is 174 g/mol. The van der Waals surface area contributed by atoms with Gasteiger partial charge in [-0.3, -0.25) is 4.68 Å². The van der Waals surface area contributed by atoms with Crippen molar-refractivity contribution in [3.8, 4) is 0 Å². The maximum absolute atomic E-state index is 4.47. The van der Waals surface area contributed by atoms with Gasteiger partial charge in [-0.25, -0.2) is 0 Å².